The van der Waals surface area contributed by atoms with Gasteiger partial charge in [-0.25, -0.2) is 0 Å². The molecule has 2 aliphatic carbocycles. The van der Waals surface area contributed by atoms with E-state index >= 15 is 0 Å². The molecule has 0 amide bonds. The summed E-state index contributed by atoms with van der Waals surface area (Å²) in [6.07, 6.45) is 11.8. The van der Waals surface area contributed by atoms with Crippen LogP contribution in [0.1, 0.15) is 44.9 Å². The lowest BCUT2D eigenvalue weighted by molar-refractivity contribution is -0.00351. The van der Waals surface area contributed by atoms with E-state index < -0.39 is 0 Å². The van der Waals surface area contributed by atoms with Gasteiger partial charge in [0.1, 0.15) is 5.60 Å². The molecule has 0 radical (unpaired) electrons. The fourth-order valence-corrected chi connectivity index (χ4v) is 3.66. The van der Waals surface area contributed by atoms with Gasteiger partial charge < -0.3 is 9.47 Å². The first kappa shape index (κ1) is 10.8. The van der Waals surface area contributed by atoms with Crippen LogP contribution in [0, 0.1) is 5.92 Å². The van der Waals surface area contributed by atoms with E-state index in [9.17, 15) is 0 Å². The molecule has 1 spiro atoms. The predicted octanol–water partition coefficient (Wildman–Crippen LogP) is 3.07. The van der Waals surface area contributed by atoms with Crippen molar-refractivity contribution in [3.8, 4) is 0 Å². The first-order valence-electron chi connectivity index (χ1n) is 6.71. The quantitative estimate of drug-likeness (QED) is 0.529. The number of hydrogen-bond donors (Lipinski definition) is 0. The van der Waals surface area contributed by atoms with Crippen molar-refractivity contribution in [2.45, 2.75) is 56.7 Å². The molecule has 90 valence electrons. The van der Waals surface area contributed by atoms with Crippen molar-refractivity contribution in [3.63, 3.8) is 0 Å². The normalized spacial score (nSPS) is 43.2. The van der Waals surface area contributed by atoms with Crippen molar-refractivity contribution >= 4 is 0 Å². The lowest BCUT2D eigenvalue weighted by Crippen LogP contribution is -2.41. The van der Waals surface area contributed by atoms with Gasteiger partial charge in [0.15, 0.2) is 0 Å². The first-order chi connectivity index (χ1) is 7.86. The number of hydrogen-bond acceptors (Lipinski definition) is 2. The zero-order chi connectivity index (χ0) is 11.0. The molecule has 0 aromatic rings. The smallest absolute Gasteiger partial charge is 0.101 e. The number of ether oxygens (including phenoxy) is 2. The summed E-state index contributed by atoms with van der Waals surface area (Å²) in [7, 11) is 1.86. The van der Waals surface area contributed by atoms with Crippen LogP contribution in [-0.4, -0.2) is 25.4 Å². The first-order valence-corrected chi connectivity index (χ1v) is 6.71. The van der Waals surface area contributed by atoms with E-state index in [1.54, 1.807) is 5.57 Å². The highest BCUT2D eigenvalue weighted by Crippen LogP contribution is 2.51. The van der Waals surface area contributed by atoms with Gasteiger partial charge in [0.25, 0.3) is 0 Å². The fourth-order valence-electron chi connectivity index (χ4n) is 3.66. The van der Waals surface area contributed by atoms with Crippen LogP contribution < -0.4 is 0 Å². The van der Waals surface area contributed by atoms with Gasteiger partial charge in [-0.1, -0.05) is 11.6 Å². The summed E-state index contributed by atoms with van der Waals surface area (Å²) >= 11 is 0. The van der Waals surface area contributed by atoms with Crippen molar-refractivity contribution in [2.75, 3.05) is 13.7 Å². The molecule has 1 heterocycles. The SMILES string of the molecule is CO[C@H]1CCC[C@]2(CO2)[C@H]1C1=CCCCC1. The maximum Gasteiger partial charge on any atom is 0.101 e. The summed E-state index contributed by atoms with van der Waals surface area (Å²) in [4.78, 5) is 0. The molecule has 0 aromatic heterocycles. The third-order valence-electron chi connectivity index (χ3n) is 4.57. The molecule has 0 N–H and O–H groups in total. The summed E-state index contributed by atoms with van der Waals surface area (Å²) in [6.45, 7) is 0.967. The van der Waals surface area contributed by atoms with E-state index in [4.69, 9.17) is 9.47 Å². The molecule has 2 heteroatoms. The Morgan fingerprint density at radius 1 is 1.38 bits per heavy atom. The average Bonchev–Trinajstić information content (AvgIpc) is 3.10. The van der Waals surface area contributed by atoms with E-state index in [0.717, 1.165) is 6.61 Å². The van der Waals surface area contributed by atoms with Crippen LogP contribution in [0.3, 0.4) is 0 Å². The molecular formula is C14H22O2. The van der Waals surface area contributed by atoms with Crippen LogP contribution in [0.25, 0.3) is 0 Å². The second-order valence-corrected chi connectivity index (χ2v) is 5.52. The third kappa shape index (κ3) is 1.72. The molecule has 1 saturated heterocycles. The van der Waals surface area contributed by atoms with Gasteiger partial charge in [-0.15, -0.1) is 0 Å². The largest absolute Gasteiger partial charge is 0.381 e. The standard InChI is InChI=1S/C14H22O2/c1-15-12-8-5-9-14(10-16-14)13(12)11-6-3-2-4-7-11/h6,12-13H,2-5,7-10H2,1H3/t12-,13-,14-/m0/s1. The minimum absolute atomic E-state index is 0.183. The molecular weight excluding hydrogens is 200 g/mol. The monoisotopic (exact) mass is 222 g/mol. The Balaban J connectivity index is 1.84. The maximum atomic E-state index is 5.81. The van der Waals surface area contributed by atoms with Gasteiger partial charge in [0, 0.05) is 13.0 Å². The molecule has 2 nitrogen and oxygen atoms in total. The Hall–Kier alpha value is -0.340. The van der Waals surface area contributed by atoms with Crippen LogP contribution in [-0.2, 0) is 9.47 Å². The van der Waals surface area contributed by atoms with E-state index in [1.165, 1.54) is 44.9 Å². The van der Waals surface area contributed by atoms with Crippen LogP contribution in [0.15, 0.2) is 11.6 Å². The Labute approximate surface area is 98.0 Å². The second kappa shape index (κ2) is 4.15. The molecule has 0 aromatic carbocycles. The number of methoxy groups -OCH3 is 1. The van der Waals surface area contributed by atoms with Crippen molar-refractivity contribution in [3.05, 3.63) is 11.6 Å². The molecule has 3 rings (SSSR count). The summed E-state index contributed by atoms with van der Waals surface area (Å²) in [5.41, 5.74) is 1.82. The lowest BCUT2D eigenvalue weighted by Gasteiger charge is -2.38. The van der Waals surface area contributed by atoms with Gasteiger partial charge in [-0.3, -0.25) is 0 Å². The summed E-state index contributed by atoms with van der Waals surface area (Å²) in [5, 5.41) is 0. The third-order valence-corrected chi connectivity index (χ3v) is 4.57. The zero-order valence-corrected chi connectivity index (χ0v) is 10.2. The van der Waals surface area contributed by atoms with Crippen LogP contribution in [0.5, 0.6) is 0 Å². The van der Waals surface area contributed by atoms with Gasteiger partial charge >= 0.3 is 0 Å². The number of epoxide rings is 1. The molecule has 16 heavy (non-hydrogen) atoms. The molecule has 3 atom stereocenters. The fraction of sp³-hybridized carbons (Fsp3) is 0.857. The summed E-state index contributed by atoms with van der Waals surface area (Å²) in [6, 6.07) is 0. The predicted molar refractivity (Wildman–Crippen MR) is 63.4 cm³/mol. The average molecular weight is 222 g/mol. The van der Waals surface area contributed by atoms with Crippen LogP contribution >= 0.6 is 0 Å². The molecule has 0 bridgehead atoms. The molecule has 2 fully saturated rings. The maximum absolute atomic E-state index is 5.81. The Morgan fingerprint density at radius 2 is 2.25 bits per heavy atom. The highest BCUT2D eigenvalue weighted by molar-refractivity contribution is 5.22. The van der Waals surface area contributed by atoms with Crippen molar-refractivity contribution in [2.24, 2.45) is 5.92 Å². The van der Waals surface area contributed by atoms with E-state index in [1.807, 2.05) is 7.11 Å². The van der Waals surface area contributed by atoms with Crippen LogP contribution in [0.2, 0.25) is 0 Å². The Kier molecular flexibility index (Phi) is 2.80. The molecule has 0 unspecified atom stereocenters. The van der Waals surface area contributed by atoms with Gasteiger partial charge in [-0.2, -0.15) is 0 Å². The topological polar surface area (TPSA) is 21.8 Å². The summed E-state index contributed by atoms with van der Waals surface area (Å²) < 4.78 is 11.5. The highest BCUT2D eigenvalue weighted by Gasteiger charge is 2.56. The summed E-state index contributed by atoms with van der Waals surface area (Å²) in [5.74, 6) is 0.562. The minimum atomic E-state index is 0.183. The molecule has 1 aliphatic heterocycles. The Bertz CT molecular complexity index is 291. The zero-order valence-electron chi connectivity index (χ0n) is 10.2. The van der Waals surface area contributed by atoms with E-state index in [0.29, 0.717) is 12.0 Å². The van der Waals surface area contributed by atoms with Gasteiger partial charge in [-0.05, 0) is 44.9 Å². The molecule has 1 saturated carbocycles. The van der Waals surface area contributed by atoms with E-state index in [2.05, 4.69) is 6.08 Å². The van der Waals surface area contributed by atoms with Crippen LogP contribution in [0.4, 0.5) is 0 Å². The van der Waals surface area contributed by atoms with Gasteiger partial charge in [0.2, 0.25) is 0 Å². The van der Waals surface area contributed by atoms with E-state index in [-0.39, 0.29) is 5.60 Å². The number of allylic oxidation sites excluding steroid dienone is 1. The lowest BCUT2D eigenvalue weighted by atomic mass is 9.71. The van der Waals surface area contributed by atoms with Crippen molar-refractivity contribution in [1.29, 1.82) is 0 Å². The number of rotatable bonds is 2. The van der Waals surface area contributed by atoms with Gasteiger partial charge in [0.05, 0.1) is 12.7 Å². The van der Waals surface area contributed by atoms with Crippen molar-refractivity contribution in [1.82, 2.24) is 0 Å². The Morgan fingerprint density at radius 3 is 2.88 bits per heavy atom. The highest BCUT2D eigenvalue weighted by atomic mass is 16.6. The molecule has 3 aliphatic rings. The van der Waals surface area contributed by atoms with Crippen molar-refractivity contribution < 1.29 is 9.47 Å². The minimum Gasteiger partial charge on any atom is -0.381 e. The second-order valence-electron chi connectivity index (χ2n) is 5.52.